The van der Waals surface area contributed by atoms with Gasteiger partial charge < -0.3 is 9.67 Å². The minimum Gasteiger partial charge on any atom is -0.388 e. The van der Waals surface area contributed by atoms with Gasteiger partial charge in [0.2, 0.25) is 10.0 Å². The number of rotatable bonds is 6. The molecule has 0 unspecified atom stereocenters. The van der Waals surface area contributed by atoms with E-state index >= 15 is 0 Å². The van der Waals surface area contributed by atoms with E-state index in [0.717, 1.165) is 15.6 Å². The Morgan fingerprint density at radius 2 is 2.08 bits per heavy atom. The Labute approximate surface area is 145 Å². The summed E-state index contributed by atoms with van der Waals surface area (Å²) in [6, 6.07) is 1.64. The van der Waals surface area contributed by atoms with Crippen molar-refractivity contribution >= 4 is 21.4 Å². The van der Waals surface area contributed by atoms with Crippen LogP contribution in [0, 0.1) is 13.8 Å². The lowest BCUT2D eigenvalue weighted by Gasteiger charge is -2.35. The molecule has 2 aromatic rings. The maximum atomic E-state index is 12.5. The highest BCUT2D eigenvalue weighted by Gasteiger charge is 2.37. The average molecular weight is 371 g/mol. The minimum absolute atomic E-state index is 0.0841. The Bertz CT molecular complexity index is 835. The Balaban J connectivity index is 1.67. The molecule has 0 aliphatic heterocycles. The van der Waals surface area contributed by atoms with Gasteiger partial charge in [-0.1, -0.05) is 0 Å². The molecule has 0 radical (unpaired) electrons. The van der Waals surface area contributed by atoms with Crippen LogP contribution in [0.1, 0.15) is 47.1 Å². The summed E-state index contributed by atoms with van der Waals surface area (Å²) in [7, 11) is -3.47. The number of nitrogens with one attached hydrogen (secondary N) is 1. The first-order valence-corrected chi connectivity index (χ1v) is 10.3. The average Bonchev–Trinajstić information content (AvgIpc) is 3.04. The zero-order chi connectivity index (χ0) is 17.5. The lowest BCUT2D eigenvalue weighted by Crippen LogP contribution is -2.44. The summed E-state index contributed by atoms with van der Waals surface area (Å²) in [5.41, 5.74) is 0. The molecular formula is C15H22N4O3S2. The summed E-state index contributed by atoms with van der Waals surface area (Å²) in [4.78, 5) is 2.19. The Kier molecular flexibility index (Phi) is 4.78. The second-order valence-corrected chi connectivity index (χ2v) is 9.28. The van der Waals surface area contributed by atoms with E-state index in [1.807, 2.05) is 25.3 Å². The fourth-order valence-electron chi connectivity index (χ4n) is 3.19. The number of aromatic nitrogens is 3. The summed E-state index contributed by atoms with van der Waals surface area (Å²) >= 11 is 1.49. The number of hydrogen-bond donors (Lipinski definition) is 2. The topological polar surface area (TPSA) is 97.1 Å². The molecular weight excluding hydrogens is 348 g/mol. The van der Waals surface area contributed by atoms with Crippen molar-refractivity contribution in [3.8, 4) is 0 Å². The van der Waals surface area contributed by atoms with Crippen molar-refractivity contribution < 1.29 is 13.5 Å². The van der Waals surface area contributed by atoms with Crippen molar-refractivity contribution in [2.24, 2.45) is 0 Å². The smallest absolute Gasteiger partial charge is 0.241 e. The van der Waals surface area contributed by atoms with Crippen LogP contribution >= 0.6 is 11.3 Å². The van der Waals surface area contributed by atoms with Crippen LogP contribution < -0.4 is 4.72 Å². The first kappa shape index (κ1) is 17.5. The zero-order valence-electron chi connectivity index (χ0n) is 14.0. The van der Waals surface area contributed by atoms with Gasteiger partial charge in [-0.05, 0) is 39.7 Å². The van der Waals surface area contributed by atoms with Gasteiger partial charge in [0.05, 0.1) is 4.90 Å². The molecule has 2 N–H and O–H groups in total. The van der Waals surface area contributed by atoms with Gasteiger partial charge in [-0.2, -0.15) is 0 Å². The number of aliphatic hydroxyl groups excluding tert-OH is 1. The van der Waals surface area contributed by atoms with Crippen LogP contribution in [-0.2, 0) is 23.2 Å². The molecule has 1 aliphatic carbocycles. The fourth-order valence-corrected chi connectivity index (χ4v) is 6.01. The van der Waals surface area contributed by atoms with Crippen molar-refractivity contribution in [1.82, 2.24) is 19.5 Å². The van der Waals surface area contributed by atoms with E-state index in [0.29, 0.717) is 30.1 Å². The third kappa shape index (κ3) is 3.13. The highest BCUT2D eigenvalue weighted by molar-refractivity contribution is 7.89. The standard InChI is InChI=1S/C15H22N4O3S2/c1-4-19-14(8-20)16-17-15(19)11-6-12(7-11)18-24(21,22)13-5-9(2)23-10(13)3/h5,11-12,18,20H,4,6-8H2,1-3H3. The molecule has 2 aromatic heterocycles. The molecule has 1 fully saturated rings. The molecule has 24 heavy (non-hydrogen) atoms. The van der Waals surface area contributed by atoms with Gasteiger partial charge in [-0.25, -0.2) is 13.1 Å². The molecule has 3 rings (SSSR count). The first-order valence-electron chi connectivity index (χ1n) is 7.98. The molecule has 1 saturated carbocycles. The van der Waals surface area contributed by atoms with Gasteiger partial charge in [0.25, 0.3) is 0 Å². The second kappa shape index (κ2) is 6.55. The highest BCUT2D eigenvalue weighted by Crippen LogP contribution is 2.37. The van der Waals surface area contributed by atoms with Crippen molar-refractivity contribution in [1.29, 1.82) is 0 Å². The molecule has 0 bridgehead atoms. The Morgan fingerprint density at radius 1 is 1.38 bits per heavy atom. The van der Waals surface area contributed by atoms with Crippen molar-refractivity contribution in [2.75, 3.05) is 0 Å². The number of sulfonamides is 1. The summed E-state index contributed by atoms with van der Waals surface area (Å²) in [5, 5.41) is 17.4. The molecule has 0 atom stereocenters. The van der Waals surface area contributed by atoms with Gasteiger partial charge in [0.1, 0.15) is 12.4 Å². The zero-order valence-corrected chi connectivity index (χ0v) is 15.6. The van der Waals surface area contributed by atoms with Crippen LogP contribution in [0.3, 0.4) is 0 Å². The summed E-state index contributed by atoms with van der Waals surface area (Å²) in [5.74, 6) is 1.57. The summed E-state index contributed by atoms with van der Waals surface area (Å²) in [6.07, 6.45) is 1.40. The van der Waals surface area contributed by atoms with E-state index in [1.54, 1.807) is 6.07 Å². The summed E-state index contributed by atoms with van der Waals surface area (Å²) in [6.45, 7) is 6.27. The molecule has 132 valence electrons. The van der Waals surface area contributed by atoms with Crippen molar-refractivity contribution in [3.05, 3.63) is 27.5 Å². The molecule has 1 aliphatic rings. The Morgan fingerprint density at radius 3 is 2.62 bits per heavy atom. The molecule has 9 heteroatoms. The van der Waals surface area contributed by atoms with Gasteiger partial charge in [-0.15, -0.1) is 21.5 Å². The van der Waals surface area contributed by atoms with E-state index in [4.69, 9.17) is 0 Å². The third-order valence-corrected chi connectivity index (χ3v) is 7.17. The van der Waals surface area contributed by atoms with Crippen LogP contribution in [0.5, 0.6) is 0 Å². The highest BCUT2D eigenvalue weighted by atomic mass is 32.2. The van der Waals surface area contributed by atoms with E-state index in [-0.39, 0.29) is 18.6 Å². The molecule has 7 nitrogen and oxygen atoms in total. The Hall–Kier alpha value is -1.29. The van der Waals surface area contributed by atoms with Crippen LogP contribution in [-0.4, -0.2) is 34.3 Å². The van der Waals surface area contributed by atoms with Crippen LogP contribution in [0.4, 0.5) is 0 Å². The van der Waals surface area contributed by atoms with E-state index in [1.165, 1.54) is 11.3 Å². The number of thiophene rings is 1. The van der Waals surface area contributed by atoms with Crippen molar-refractivity contribution in [3.63, 3.8) is 0 Å². The number of nitrogens with zero attached hydrogens (tertiary/aromatic N) is 3. The molecule has 0 amide bonds. The van der Waals surface area contributed by atoms with E-state index in [9.17, 15) is 13.5 Å². The van der Waals surface area contributed by atoms with E-state index < -0.39 is 10.0 Å². The van der Waals surface area contributed by atoms with Gasteiger partial charge in [0, 0.05) is 28.3 Å². The molecule has 0 spiro atoms. The van der Waals surface area contributed by atoms with Crippen LogP contribution in [0.15, 0.2) is 11.0 Å². The largest absolute Gasteiger partial charge is 0.388 e. The predicted molar refractivity (Wildman–Crippen MR) is 91.5 cm³/mol. The molecule has 0 aromatic carbocycles. The number of aliphatic hydroxyl groups is 1. The molecule has 2 heterocycles. The van der Waals surface area contributed by atoms with Crippen molar-refractivity contribution in [2.45, 2.75) is 63.6 Å². The van der Waals surface area contributed by atoms with Gasteiger partial charge in [0.15, 0.2) is 5.82 Å². The van der Waals surface area contributed by atoms with Gasteiger partial charge >= 0.3 is 0 Å². The number of aryl methyl sites for hydroxylation is 2. The fraction of sp³-hybridized carbons (Fsp3) is 0.600. The maximum Gasteiger partial charge on any atom is 0.241 e. The normalized spacial score (nSPS) is 21.0. The minimum atomic E-state index is -3.47. The SMILES string of the molecule is CCn1c(CO)nnc1C1CC(NS(=O)(=O)c2cc(C)sc2C)C1. The molecule has 0 saturated heterocycles. The maximum absolute atomic E-state index is 12.5. The second-order valence-electron chi connectivity index (χ2n) is 6.14. The quantitative estimate of drug-likeness (QED) is 0.806. The third-order valence-electron chi connectivity index (χ3n) is 4.42. The van der Waals surface area contributed by atoms with Crippen LogP contribution in [0.25, 0.3) is 0 Å². The first-order chi connectivity index (χ1) is 11.4. The van der Waals surface area contributed by atoms with Crippen LogP contribution in [0.2, 0.25) is 0 Å². The predicted octanol–water partition coefficient (Wildman–Crippen LogP) is 1.69. The van der Waals surface area contributed by atoms with Gasteiger partial charge in [-0.3, -0.25) is 0 Å². The monoisotopic (exact) mass is 370 g/mol. The van der Waals surface area contributed by atoms with E-state index in [2.05, 4.69) is 14.9 Å². The lowest BCUT2D eigenvalue weighted by atomic mass is 9.80. The lowest BCUT2D eigenvalue weighted by molar-refractivity contribution is 0.261. The summed E-state index contributed by atoms with van der Waals surface area (Å²) < 4.78 is 29.7. The number of hydrogen-bond acceptors (Lipinski definition) is 6.